The highest BCUT2D eigenvalue weighted by Gasteiger charge is 2.25. The maximum absolute atomic E-state index is 12.7. The van der Waals surface area contributed by atoms with Crippen molar-refractivity contribution in [2.75, 3.05) is 20.8 Å². The van der Waals surface area contributed by atoms with E-state index in [4.69, 9.17) is 9.47 Å². The summed E-state index contributed by atoms with van der Waals surface area (Å²) in [5.74, 6) is 0.967. The first kappa shape index (κ1) is 15.1. The largest absolute Gasteiger partial charge is 0.497 e. The molecule has 1 amide bonds. The van der Waals surface area contributed by atoms with Crippen molar-refractivity contribution in [2.24, 2.45) is 0 Å². The Labute approximate surface area is 132 Å². The molecule has 0 spiro atoms. The lowest BCUT2D eigenvalue weighted by atomic mass is 10.1. The van der Waals surface area contributed by atoms with Crippen LogP contribution >= 0.6 is 0 Å². The number of amides is 1. The molecule has 2 aromatic rings. The number of aromatic amines is 1. The number of ether oxygens (including phenoxy) is 2. The summed E-state index contributed by atoms with van der Waals surface area (Å²) >= 11 is 0. The van der Waals surface area contributed by atoms with Crippen molar-refractivity contribution in [2.45, 2.75) is 13.0 Å². The minimum Gasteiger partial charge on any atom is -0.497 e. The zero-order valence-electron chi connectivity index (χ0n) is 13.0. The van der Waals surface area contributed by atoms with Crippen LogP contribution in [0.5, 0.6) is 11.5 Å². The average Bonchev–Trinajstić information content (AvgIpc) is 2.60. The molecule has 0 atom stereocenters. The number of aromatic nitrogens is 2. The fourth-order valence-electron chi connectivity index (χ4n) is 2.65. The second kappa shape index (κ2) is 6.12. The topological polar surface area (TPSA) is 84.5 Å². The monoisotopic (exact) mass is 315 g/mol. The zero-order chi connectivity index (χ0) is 16.4. The van der Waals surface area contributed by atoms with Crippen LogP contribution in [0, 0.1) is 0 Å². The first-order chi connectivity index (χ1) is 11.1. The molecule has 7 nitrogen and oxygen atoms in total. The molecule has 2 heterocycles. The fraction of sp³-hybridized carbons (Fsp3) is 0.312. The summed E-state index contributed by atoms with van der Waals surface area (Å²) in [7, 11) is 3.08. The number of fused-ring (bicyclic) bond motifs is 1. The second-order valence-corrected chi connectivity index (χ2v) is 5.23. The molecule has 1 aromatic carbocycles. The van der Waals surface area contributed by atoms with Crippen LogP contribution in [0.2, 0.25) is 0 Å². The minimum atomic E-state index is -0.144. The number of nitrogens with zero attached hydrogens (tertiary/aromatic N) is 2. The van der Waals surface area contributed by atoms with Gasteiger partial charge in [0.2, 0.25) is 0 Å². The smallest absolute Gasteiger partial charge is 0.254 e. The zero-order valence-corrected chi connectivity index (χ0v) is 13.0. The summed E-state index contributed by atoms with van der Waals surface area (Å²) in [4.78, 5) is 32.9. The molecule has 1 aliphatic rings. The molecule has 0 fully saturated rings. The number of nitrogens with one attached hydrogen (secondary N) is 1. The molecule has 3 rings (SSSR count). The third kappa shape index (κ3) is 2.90. The van der Waals surface area contributed by atoms with Gasteiger partial charge >= 0.3 is 0 Å². The molecule has 1 aliphatic heterocycles. The van der Waals surface area contributed by atoms with Crippen LogP contribution in [-0.4, -0.2) is 41.5 Å². The van der Waals surface area contributed by atoms with Crippen molar-refractivity contribution in [3.8, 4) is 11.5 Å². The Balaban J connectivity index is 1.88. The van der Waals surface area contributed by atoms with Crippen LogP contribution in [0.4, 0.5) is 0 Å². The van der Waals surface area contributed by atoms with Crippen LogP contribution in [0.1, 0.15) is 21.6 Å². The lowest BCUT2D eigenvalue weighted by Crippen LogP contribution is -2.38. The van der Waals surface area contributed by atoms with E-state index >= 15 is 0 Å². The van der Waals surface area contributed by atoms with Crippen molar-refractivity contribution >= 4 is 5.91 Å². The molecule has 7 heteroatoms. The van der Waals surface area contributed by atoms with Gasteiger partial charge in [0, 0.05) is 23.7 Å². The van der Waals surface area contributed by atoms with Crippen molar-refractivity contribution in [3.05, 3.63) is 51.7 Å². The van der Waals surface area contributed by atoms with Crippen molar-refractivity contribution < 1.29 is 14.3 Å². The fourth-order valence-corrected chi connectivity index (χ4v) is 2.65. The molecule has 0 bridgehead atoms. The summed E-state index contributed by atoms with van der Waals surface area (Å²) in [6, 6.07) is 5.06. The summed E-state index contributed by atoms with van der Waals surface area (Å²) in [5.41, 5.74) is 1.64. The Morgan fingerprint density at radius 3 is 2.57 bits per heavy atom. The van der Waals surface area contributed by atoms with Gasteiger partial charge in [-0.05, 0) is 18.6 Å². The molecule has 0 saturated carbocycles. The molecule has 23 heavy (non-hydrogen) atoms. The lowest BCUT2D eigenvalue weighted by molar-refractivity contribution is 0.0730. The normalized spacial score (nSPS) is 13.4. The highest BCUT2D eigenvalue weighted by atomic mass is 16.5. The van der Waals surface area contributed by atoms with E-state index in [9.17, 15) is 9.59 Å². The van der Waals surface area contributed by atoms with Crippen LogP contribution in [0.3, 0.4) is 0 Å². The number of hydrogen-bond donors (Lipinski definition) is 1. The Morgan fingerprint density at radius 2 is 1.91 bits per heavy atom. The number of rotatable bonds is 3. The maximum atomic E-state index is 12.7. The number of H-pyrrole nitrogens is 1. The second-order valence-electron chi connectivity index (χ2n) is 5.23. The number of methoxy groups -OCH3 is 2. The van der Waals surface area contributed by atoms with Gasteiger partial charge in [-0.1, -0.05) is 0 Å². The number of benzene rings is 1. The van der Waals surface area contributed by atoms with Gasteiger partial charge in [0.15, 0.2) is 0 Å². The van der Waals surface area contributed by atoms with Gasteiger partial charge in [-0.15, -0.1) is 0 Å². The molecular formula is C16H17N3O4. The summed E-state index contributed by atoms with van der Waals surface area (Å²) in [6.07, 6.45) is 1.86. The van der Waals surface area contributed by atoms with E-state index in [1.165, 1.54) is 20.5 Å². The molecule has 1 N–H and O–H groups in total. The standard InChI is InChI=1S/C16H17N3O4/c1-22-11-5-10(6-12(7-11)23-2)16(21)19-4-3-13-14(8-19)17-9-18-15(13)20/h5-7,9H,3-4,8H2,1-2H3,(H,17,18,20). The van der Waals surface area contributed by atoms with Gasteiger partial charge in [-0.3, -0.25) is 9.59 Å². The Kier molecular flexibility index (Phi) is 4.01. The van der Waals surface area contributed by atoms with Gasteiger partial charge < -0.3 is 19.4 Å². The van der Waals surface area contributed by atoms with Crippen molar-refractivity contribution in [1.82, 2.24) is 14.9 Å². The van der Waals surface area contributed by atoms with Crippen LogP contribution in [0.25, 0.3) is 0 Å². The van der Waals surface area contributed by atoms with E-state index in [1.807, 2.05) is 0 Å². The van der Waals surface area contributed by atoms with Crippen LogP contribution < -0.4 is 15.0 Å². The Bertz CT molecular complexity index is 778. The van der Waals surface area contributed by atoms with Gasteiger partial charge in [0.1, 0.15) is 11.5 Å². The number of hydrogen-bond acceptors (Lipinski definition) is 5. The van der Waals surface area contributed by atoms with E-state index in [0.717, 1.165) is 0 Å². The van der Waals surface area contributed by atoms with Crippen LogP contribution in [0.15, 0.2) is 29.3 Å². The third-order valence-corrected chi connectivity index (χ3v) is 3.90. The quantitative estimate of drug-likeness (QED) is 0.913. The van der Waals surface area contributed by atoms with Crippen LogP contribution in [-0.2, 0) is 13.0 Å². The molecule has 120 valence electrons. The Morgan fingerprint density at radius 1 is 1.22 bits per heavy atom. The predicted octanol–water partition coefficient (Wildman–Crippen LogP) is 0.986. The van der Waals surface area contributed by atoms with Gasteiger partial charge in [-0.25, -0.2) is 4.98 Å². The molecular weight excluding hydrogens is 298 g/mol. The van der Waals surface area contributed by atoms with Gasteiger partial charge in [-0.2, -0.15) is 0 Å². The summed E-state index contributed by atoms with van der Waals surface area (Å²) < 4.78 is 10.4. The SMILES string of the molecule is COc1cc(OC)cc(C(=O)N2CCc3c(nc[nH]c3=O)C2)c1. The van der Waals surface area contributed by atoms with Crippen molar-refractivity contribution in [3.63, 3.8) is 0 Å². The number of carbonyl (C=O) groups is 1. The average molecular weight is 315 g/mol. The van der Waals surface area contributed by atoms with Gasteiger partial charge in [0.25, 0.3) is 11.5 Å². The van der Waals surface area contributed by atoms with E-state index in [-0.39, 0.29) is 11.5 Å². The molecule has 0 aliphatic carbocycles. The van der Waals surface area contributed by atoms with Crippen molar-refractivity contribution in [1.29, 1.82) is 0 Å². The van der Waals surface area contributed by atoms with E-state index < -0.39 is 0 Å². The highest BCUT2D eigenvalue weighted by molar-refractivity contribution is 5.95. The minimum absolute atomic E-state index is 0.134. The van der Waals surface area contributed by atoms with E-state index in [0.29, 0.717) is 47.8 Å². The highest BCUT2D eigenvalue weighted by Crippen LogP contribution is 2.24. The Hall–Kier alpha value is -2.83. The van der Waals surface area contributed by atoms with E-state index in [2.05, 4.69) is 9.97 Å². The molecule has 1 aromatic heterocycles. The number of carbonyl (C=O) groups excluding carboxylic acids is 1. The lowest BCUT2D eigenvalue weighted by Gasteiger charge is -2.27. The third-order valence-electron chi connectivity index (χ3n) is 3.90. The molecule has 0 saturated heterocycles. The summed E-state index contributed by atoms with van der Waals surface area (Å²) in [5, 5.41) is 0. The molecule has 0 unspecified atom stereocenters. The maximum Gasteiger partial charge on any atom is 0.254 e. The van der Waals surface area contributed by atoms with Gasteiger partial charge in [0.05, 0.1) is 32.8 Å². The van der Waals surface area contributed by atoms with E-state index in [1.54, 1.807) is 23.1 Å². The predicted molar refractivity (Wildman–Crippen MR) is 82.8 cm³/mol. The summed E-state index contributed by atoms with van der Waals surface area (Å²) in [6.45, 7) is 0.789. The molecule has 0 radical (unpaired) electrons. The first-order valence-electron chi connectivity index (χ1n) is 7.20. The first-order valence-corrected chi connectivity index (χ1v) is 7.20.